The first-order valence-electron chi connectivity index (χ1n) is 5.36. The van der Waals surface area contributed by atoms with Crippen LogP contribution in [0.3, 0.4) is 0 Å². The number of aliphatic hydroxyl groups excluding tert-OH is 1. The summed E-state index contributed by atoms with van der Waals surface area (Å²) < 4.78 is 0. The molecule has 3 aliphatic rings. The maximum Gasteiger partial charge on any atom is 0.307 e. The van der Waals surface area contributed by atoms with Gasteiger partial charge >= 0.3 is 5.97 Å². The Morgan fingerprint density at radius 3 is 2.64 bits per heavy atom. The molecule has 14 heavy (non-hydrogen) atoms. The van der Waals surface area contributed by atoms with Crippen molar-refractivity contribution in [1.82, 2.24) is 0 Å². The fourth-order valence-electron chi connectivity index (χ4n) is 3.44. The molecule has 0 aliphatic heterocycles. The molecule has 3 aliphatic carbocycles. The summed E-state index contributed by atoms with van der Waals surface area (Å²) in [5.41, 5.74) is -0.389. The molecule has 0 aromatic rings. The molecule has 2 N–H and O–H groups in total. The highest BCUT2D eigenvalue weighted by atomic mass is 16.4. The van der Waals surface area contributed by atoms with Crippen molar-refractivity contribution in [3.63, 3.8) is 0 Å². The molecule has 2 bridgehead atoms. The Morgan fingerprint density at radius 1 is 1.43 bits per heavy atom. The highest BCUT2D eigenvalue weighted by Crippen LogP contribution is 2.55. The molecule has 3 nitrogen and oxygen atoms in total. The second kappa shape index (κ2) is 2.96. The maximum absolute atomic E-state index is 11.1. The van der Waals surface area contributed by atoms with E-state index in [1.807, 2.05) is 6.92 Å². The van der Waals surface area contributed by atoms with Crippen molar-refractivity contribution in [1.29, 1.82) is 0 Å². The number of rotatable bonds is 1. The van der Waals surface area contributed by atoms with Gasteiger partial charge < -0.3 is 10.2 Å². The van der Waals surface area contributed by atoms with Gasteiger partial charge in [0, 0.05) is 5.41 Å². The zero-order chi connectivity index (χ0) is 10.5. The Balaban J connectivity index is 2.30. The first-order chi connectivity index (χ1) is 6.45. The van der Waals surface area contributed by atoms with Crippen LogP contribution in [0.25, 0.3) is 0 Å². The van der Waals surface area contributed by atoms with E-state index in [1.165, 1.54) is 0 Å². The predicted molar refractivity (Wildman–Crippen MR) is 51.7 cm³/mol. The van der Waals surface area contributed by atoms with Gasteiger partial charge in [-0.05, 0) is 31.1 Å². The Hall–Kier alpha value is -0.570. The van der Waals surface area contributed by atoms with Crippen LogP contribution < -0.4 is 0 Å². The number of hydrogen-bond acceptors (Lipinski definition) is 2. The van der Waals surface area contributed by atoms with E-state index in [9.17, 15) is 9.90 Å². The van der Waals surface area contributed by atoms with Crippen LogP contribution in [0.15, 0.2) is 0 Å². The zero-order valence-electron chi connectivity index (χ0n) is 8.73. The normalized spacial score (nSPS) is 51.9. The summed E-state index contributed by atoms with van der Waals surface area (Å²) in [7, 11) is 0. The van der Waals surface area contributed by atoms with Crippen molar-refractivity contribution in [2.24, 2.45) is 23.2 Å². The third-order valence-electron chi connectivity index (χ3n) is 4.49. The van der Waals surface area contributed by atoms with Gasteiger partial charge in [-0.2, -0.15) is 0 Å². The topological polar surface area (TPSA) is 57.5 Å². The van der Waals surface area contributed by atoms with Gasteiger partial charge in [0.1, 0.15) is 0 Å². The molecule has 3 fully saturated rings. The average Bonchev–Trinajstić information content (AvgIpc) is 2.06. The van der Waals surface area contributed by atoms with E-state index in [4.69, 9.17) is 5.11 Å². The summed E-state index contributed by atoms with van der Waals surface area (Å²) in [5, 5.41) is 19.1. The van der Waals surface area contributed by atoms with Crippen LogP contribution in [-0.4, -0.2) is 22.3 Å². The van der Waals surface area contributed by atoms with Crippen LogP contribution >= 0.6 is 0 Å². The molecule has 0 amide bonds. The predicted octanol–water partition coefficient (Wildman–Crippen LogP) is 1.50. The molecule has 5 atom stereocenters. The van der Waals surface area contributed by atoms with E-state index in [0.717, 1.165) is 19.3 Å². The van der Waals surface area contributed by atoms with Crippen molar-refractivity contribution in [2.45, 2.75) is 39.2 Å². The molecule has 3 heteroatoms. The van der Waals surface area contributed by atoms with Gasteiger partial charge in [-0.15, -0.1) is 0 Å². The molecule has 0 aromatic carbocycles. The minimum atomic E-state index is -0.733. The summed E-state index contributed by atoms with van der Waals surface area (Å²) >= 11 is 0. The quantitative estimate of drug-likeness (QED) is 0.671. The van der Waals surface area contributed by atoms with Crippen molar-refractivity contribution in [3.05, 3.63) is 0 Å². The summed E-state index contributed by atoms with van der Waals surface area (Å²) in [6.45, 7) is 4.11. The van der Waals surface area contributed by atoms with Gasteiger partial charge in [0.2, 0.25) is 0 Å². The maximum atomic E-state index is 11.1. The highest BCUT2D eigenvalue weighted by Gasteiger charge is 2.55. The fraction of sp³-hybridized carbons (Fsp3) is 0.909. The molecular weight excluding hydrogens is 180 g/mol. The van der Waals surface area contributed by atoms with E-state index in [1.54, 1.807) is 0 Å². The second-order valence-electron chi connectivity index (χ2n) is 5.33. The molecule has 5 unspecified atom stereocenters. The molecule has 0 spiro atoms. The Kier molecular flexibility index (Phi) is 2.11. The van der Waals surface area contributed by atoms with Gasteiger partial charge in [0.25, 0.3) is 0 Å². The van der Waals surface area contributed by atoms with Gasteiger partial charge in [0.05, 0.1) is 12.0 Å². The number of carbonyl (C=O) groups is 1. The molecule has 0 aromatic heterocycles. The standard InChI is InChI=1S/C11H18O3/c1-6-5-11(2)8(10(13)14)3-7(6)4-9(11)12/h6-9,12H,3-5H2,1-2H3,(H,13,14). The van der Waals surface area contributed by atoms with Crippen molar-refractivity contribution in [2.75, 3.05) is 0 Å². The first-order valence-corrected chi connectivity index (χ1v) is 5.36. The molecule has 3 saturated carbocycles. The number of aliphatic hydroxyl groups is 1. The minimum Gasteiger partial charge on any atom is -0.481 e. The minimum absolute atomic E-state index is 0.340. The second-order valence-corrected chi connectivity index (χ2v) is 5.33. The number of carboxylic acids is 1. The van der Waals surface area contributed by atoms with Crippen molar-refractivity contribution < 1.29 is 15.0 Å². The van der Waals surface area contributed by atoms with Crippen LogP contribution in [0.4, 0.5) is 0 Å². The van der Waals surface area contributed by atoms with E-state index < -0.39 is 12.1 Å². The van der Waals surface area contributed by atoms with Crippen LogP contribution in [-0.2, 0) is 4.79 Å². The Labute approximate surface area is 84.1 Å². The number of fused-ring (bicyclic) bond motifs is 3. The van der Waals surface area contributed by atoms with Crippen LogP contribution in [0.1, 0.15) is 33.1 Å². The number of carboxylic acid groups (broad SMARTS) is 1. The Bertz CT molecular complexity index is 263. The molecule has 0 radical (unpaired) electrons. The summed E-state index contributed by atoms with van der Waals surface area (Å²) in [6.07, 6.45) is 1.99. The largest absolute Gasteiger partial charge is 0.481 e. The van der Waals surface area contributed by atoms with Gasteiger partial charge in [-0.3, -0.25) is 4.79 Å². The lowest BCUT2D eigenvalue weighted by molar-refractivity contribution is -0.172. The lowest BCUT2D eigenvalue weighted by Gasteiger charge is -2.54. The Morgan fingerprint density at radius 2 is 2.07 bits per heavy atom. The zero-order valence-corrected chi connectivity index (χ0v) is 8.73. The van der Waals surface area contributed by atoms with E-state index in [-0.39, 0.29) is 11.3 Å². The van der Waals surface area contributed by atoms with E-state index >= 15 is 0 Å². The molecule has 80 valence electrons. The molecular formula is C11H18O3. The van der Waals surface area contributed by atoms with E-state index in [0.29, 0.717) is 11.8 Å². The van der Waals surface area contributed by atoms with Gasteiger partial charge in [-0.25, -0.2) is 0 Å². The van der Waals surface area contributed by atoms with E-state index in [2.05, 4.69) is 6.92 Å². The van der Waals surface area contributed by atoms with Crippen molar-refractivity contribution >= 4 is 5.97 Å². The highest BCUT2D eigenvalue weighted by molar-refractivity contribution is 5.71. The lowest BCUT2D eigenvalue weighted by atomic mass is 9.51. The third kappa shape index (κ3) is 1.18. The van der Waals surface area contributed by atoms with Crippen LogP contribution in [0.5, 0.6) is 0 Å². The smallest absolute Gasteiger partial charge is 0.307 e. The molecule has 0 saturated heterocycles. The molecule has 3 rings (SSSR count). The van der Waals surface area contributed by atoms with Gasteiger partial charge in [-0.1, -0.05) is 13.8 Å². The molecule has 0 heterocycles. The van der Waals surface area contributed by atoms with Crippen LogP contribution in [0, 0.1) is 23.2 Å². The monoisotopic (exact) mass is 198 g/mol. The average molecular weight is 198 g/mol. The van der Waals surface area contributed by atoms with Crippen molar-refractivity contribution in [3.8, 4) is 0 Å². The first kappa shape index (κ1) is 9.97. The number of hydrogen-bond donors (Lipinski definition) is 2. The summed E-state index contributed by atoms with van der Waals surface area (Å²) in [4.78, 5) is 11.1. The summed E-state index contributed by atoms with van der Waals surface area (Å²) in [5.74, 6) is -0.0949. The van der Waals surface area contributed by atoms with Crippen LogP contribution in [0.2, 0.25) is 0 Å². The SMILES string of the molecule is CC1CC2(C)C(O)CC1CC2C(=O)O. The van der Waals surface area contributed by atoms with Gasteiger partial charge in [0.15, 0.2) is 0 Å². The summed E-state index contributed by atoms with van der Waals surface area (Å²) in [6, 6.07) is 0. The third-order valence-corrected chi connectivity index (χ3v) is 4.49. The lowest BCUT2D eigenvalue weighted by Crippen LogP contribution is -2.55. The fourth-order valence-corrected chi connectivity index (χ4v) is 3.44. The number of aliphatic carboxylic acids is 1.